The van der Waals surface area contributed by atoms with E-state index in [2.05, 4.69) is 25.6 Å². The van der Waals surface area contributed by atoms with Gasteiger partial charge in [0.25, 0.3) is 0 Å². The summed E-state index contributed by atoms with van der Waals surface area (Å²) in [5, 5.41) is 6.14. The maximum atomic E-state index is 10.8. The third kappa shape index (κ3) is 4.34. The van der Waals surface area contributed by atoms with Gasteiger partial charge in [-0.15, -0.1) is 0 Å². The molecule has 0 amide bonds. The first-order chi connectivity index (χ1) is 9.24. The van der Waals surface area contributed by atoms with E-state index in [9.17, 15) is 4.79 Å². The minimum atomic E-state index is 0.147. The Hall–Kier alpha value is -2.50. The van der Waals surface area contributed by atoms with Gasteiger partial charge >= 0.3 is 0 Å². The number of aromatic nitrogens is 3. The zero-order valence-electron chi connectivity index (χ0n) is 10.6. The number of carbonyl (C=O) groups excluding carboxylic acids is 1. The minimum Gasteiger partial charge on any atom is -0.369 e. The third-order valence-corrected chi connectivity index (χ3v) is 2.37. The molecule has 6 nitrogen and oxygen atoms in total. The van der Waals surface area contributed by atoms with Crippen LogP contribution in [0, 0.1) is 0 Å². The second kappa shape index (κ2) is 6.44. The second-order valence-corrected chi connectivity index (χ2v) is 4.01. The van der Waals surface area contributed by atoms with Crippen LogP contribution >= 0.6 is 0 Å². The van der Waals surface area contributed by atoms with Gasteiger partial charge in [-0.25, -0.2) is 15.0 Å². The molecule has 98 valence electrons. The van der Waals surface area contributed by atoms with E-state index in [-0.39, 0.29) is 5.78 Å². The lowest BCUT2D eigenvalue weighted by molar-refractivity contribution is -0.116. The van der Waals surface area contributed by atoms with E-state index in [1.807, 2.05) is 18.2 Å². The molecule has 2 aromatic heterocycles. The second-order valence-electron chi connectivity index (χ2n) is 4.01. The smallest absolute Gasteiger partial charge is 0.137 e. The van der Waals surface area contributed by atoms with Gasteiger partial charge in [-0.3, -0.25) is 4.79 Å². The van der Waals surface area contributed by atoms with Crippen molar-refractivity contribution in [1.29, 1.82) is 0 Å². The van der Waals surface area contributed by atoms with Gasteiger partial charge in [0.15, 0.2) is 0 Å². The van der Waals surface area contributed by atoms with Crippen LogP contribution in [-0.4, -0.2) is 27.3 Å². The number of nitrogens with one attached hydrogen (secondary N) is 2. The fourth-order valence-corrected chi connectivity index (χ4v) is 1.46. The zero-order chi connectivity index (χ0) is 13.5. The van der Waals surface area contributed by atoms with E-state index in [0.717, 1.165) is 5.82 Å². The molecule has 0 unspecified atom stereocenters. The summed E-state index contributed by atoms with van der Waals surface area (Å²) >= 11 is 0. The van der Waals surface area contributed by atoms with E-state index in [0.29, 0.717) is 24.6 Å². The van der Waals surface area contributed by atoms with Crippen LogP contribution in [-0.2, 0) is 4.79 Å². The largest absolute Gasteiger partial charge is 0.369 e. The topological polar surface area (TPSA) is 79.8 Å². The van der Waals surface area contributed by atoms with Gasteiger partial charge in [0.1, 0.15) is 29.6 Å². The lowest BCUT2D eigenvalue weighted by atomic mass is 10.3. The number of hydrogen-bond acceptors (Lipinski definition) is 6. The van der Waals surface area contributed by atoms with Crippen LogP contribution in [0.1, 0.15) is 13.3 Å². The molecule has 0 bridgehead atoms. The average Bonchev–Trinajstić information content (AvgIpc) is 2.40. The summed E-state index contributed by atoms with van der Waals surface area (Å²) in [7, 11) is 0. The van der Waals surface area contributed by atoms with E-state index in [1.54, 1.807) is 19.2 Å². The molecule has 2 N–H and O–H groups in total. The fraction of sp³-hybridized carbons (Fsp3) is 0.231. The summed E-state index contributed by atoms with van der Waals surface area (Å²) < 4.78 is 0. The van der Waals surface area contributed by atoms with Crippen LogP contribution in [0.2, 0.25) is 0 Å². The Labute approximate surface area is 111 Å². The zero-order valence-corrected chi connectivity index (χ0v) is 10.6. The van der Waals surface area contributed by atoms with Crippen molar-refractivity contribution in [2.75, 3.05) is 17.2 Å². The number of nitrogens with zero attached hydrogens (tertiary/aromatic N) is 3. The van der Waals surface area contributed by atoms with Crippen LogP contribution in [0.25, 0.3) is 0 Å². The Kier molecular flexibility index (Phi) is 4.39. The van der Waals surface area contributed by atoms with Gasteiger partial charge in [-0.2, -0.15) is 0 Å². The van der Waals surface area contributed by atoms with Crippen molar-refractivity contribution in [3.05, 3.63) is 36.8 Å². The number of pyridine rings is 1. The quantitative estimate of drug-likeness (QED) is 0.824. The number of anilines is 3. The van der Waals surface area contributed by atoms with Crippen LogP contribution in [0.5, 0.6) is 0 Å². The van der Waals surface area contributed by atoms with Crippen molar-refractivity contribution in [3.8, 4) is 0 Å². The van der Waals surface area contributed by atoms with Gasteiger partial charge in [-0.05, 0) is 19.1 Å². The molecule has 0 aliphatic carbocycles. The van der Waals surface area contributed by atoms with Gasteiger partial charge < -0.3 is 10.6 Å². The first-order valence-corrected chi connectivity index (χ1v) is 5.97. The van der Waals surface area contributed by atoms with Crippen LogP contribution < -0.4 is 10.6 Å². The van der Waals surface area contributed by atoms with Crippen molar-refractivity contribution in [1.82, 2.24) is 15.0 Å². The number of hydrogen-bond donors (Lipinski definition) is 2. The average molecular weight is 257 g/mol. The van der Waals surface area contributed by atoms with E-state index in [4.69, 9.17) is 0 Å². The number of Topliss-reactive ketones (excluding diaryl/α,β-unsaturated/α-hetero) is 1. The molecule has 0 fully saturated rings. The molecule has 0 aliphatic rings. The molecule has 0 saturated heterocycles. The Balaban J connectivity index is 1.97. The Morgan fingerprint density at radius 3 is 2.74 bits per heavy atom. The number of ketones is 1. The predicted molar refractivity (Wildman–Crippen MR) is 73.3 cm³/mol. The summed E-state index contributed by atoms with van der Waals surface area (Å²) in [6, 6.07) is 7.36. The van der Waals surface area contributed by atoms with Crippen LogP contribution in [0.15, 0.2) is 36.8 Å². The molecule has 6 heteroatoms. The predicted octanol–water partition coefficient (Wildman–Crippen LogP) is 2.01. The molecule has 0 atom stereocenters. The molecule has 2 rings (SSSR count). The number of rotatable bonds is 6. The van der Waals surface area contributed by atoms with Crippen molar-refractivity contribution in [2.45, 2.75) is 13.3 Å². The highest BCUT2D eigenvalue weighted by molar-refractivity contribution is 5.76. The van der Waals surface area contributed by atoms with E-state index in [1.165, 1.54) is 6.33 Å². The molecular weight excluding hydrogens is 242 g/mol. The summed E-state index contributed by atoms with van der Waals surface area (Å²) in [4.78, 5) is 23.2. The monoisotopic (exact) mass is 257 g/mol. The van der Waals surface area contributed by atoms with Gasteiger partial charge in [-0.1, -0.05) is 6.07 Å². The molecule has 2 aromatic rings. The lowest BCUT2D eigenvalue weighted by Crippen LogP contribution is -2.07. The maximum Gasteiger partial charge on any atom is 0.137 e. The number of carbonyl (C=O) groups is 1. The Morgan fingerprint density at radius 1 is 1.16 bits per heavy atom. The SMILES string of the molecule is CC(=O)CCNc1cc(Nc2ccccn2)ncn1. The molecule has 0 aliphatic heterocycles. The standard InChI is InChI=1S/C13H15N5O/c1-10(19)5-7-15-12-8-13(17-9-16-12)18-11-4-2-3-6-14-11/h2-4,6,8-9H,5,7H2,1H3,(H2,14,15,16,17,18). The van der Waals surface area contributed by atoms with Gasteiger partial charge in [0, 0.05) is 25.2 Å². The highest BCUT2D eigenvalue weighted by atomic mass is 16.1. The lowest BCUT2D eigenvalue weighted by Gasteiger charge is -2.07. The summed E-state index contributed by atoms with van der Waals surface area (Å²) in [5.74, 6) is 2.19. The maximum absolute atomic E-state index is 10.8. The van der Waals surface area contributed by atoms with Crippen molar-refractivity contribution in [2.24, 2.45) is 0 Å². The molecule has 2 heterocycles. The minimum absolute atomic E-state index is 0.147. The van der Waals surface area contributed by atoms with Crippen molar-refractivity contribution < 1.29 is 4.79 Å². The molecule has 0 saturated carbocycles. The first-order valence-electron chi connectivity index (χ1n) is 5.97. The highest BCUT2D eigenvalue weighted by Crippen LogP contribution is 2.13. The molecular formula is C13H15N5O. The summed E-state index contributed by atoms with van der Waals surface area (Å²) in [6.45, 7) is 2.13. The third-order valence-electron chi connectivity index (χ3n) is 2.37. The normalized spacial score (nSPS) is 9.95. The molecule has 19 heavy (non-hydrogen) atoms. The Bertz CT molecular complexity index is 544. The van der Waals surface area contributed by atoms with Gasteiger partial charge in [0.05, 0.1) is 0 Å². The summed E-state index contributed by atoms with van der Waals surface area (Å²) in [5.41, 5.74) is 0. The van der Waals surface area contributed by atoms with Crippen molar-refractivity contribution in [3.63, 3.8) is 0 Å². The highest BCUT2D eigenvalue weighted by Gasteiger charge is 2.00. The fourth-order valence-electron chi connectivity index (χ4n) is 1.46. The Morgan fingerprint density at radius 2 is 2.00 bits per heavy atom. The molecule has 0 aromatic carbocycles. The van der Waals surface area contributed by atoms with Crippen LogP contribution in [0.4, 0.5) is 17.5 Å². The van der Waals surface area contributed by atoms with Crippen LogP contribution in [0.3, 0.4) is 0 Å². The molecule has 0 radical (unpaired) electrons. The van der Waals surface area contributed by atoms with E-state index >= 15 is 0 Å². The van der Waals surface area contributed by atoms with Gasteiger partial charge in [0.2, 0.25) is 0 Å². The summed E-state index contributed by atoms with van der Waals surface area (Å²) in [6.07, 6.45) is 3.64. The van der Waals surface area contributed by atoms with Crippen molar-refractivity contribution >= 4 is 23.2 Å². The first kappa shape index (κ1) is 12.9. The van der Waals surface area contributed by atoms with E-state index < -0.39 is 0 Å². The molecule has 0 spiro atoms.